The second-order valence-corrected chi connectivity index (χ2v) is 7.30. The van der Waals surface area contributed by atoms with Gasteiger partial charge in [0.05, 0.1) is 6.10 Å². The van der Waals surface area contributed by atoms with E-state index in [9.17, 15) is 5.11 Å². The molecule has 140 valence electrons. The van der Waals surface area contributed by atoms with E-state index in [0.29, 0.717) is 0 Å². The molecule has 1 aromatic rings. The number of piperazine rings is 1. The largest absolute Gasteiger partial charge is 0.492 e. The third kappa shape index (κ3) is 5.96. The predicted octanol–water partition coefficient (Wildman–Crippen LogP) is 1.66. The molecule has 0 spiro atoms. The molecule has 0 saturated carbocycles. The van der Waals surface area contributed by atoms with E-state index in [0.717, 1.165) is 71.0 Å². The first kappa shape index (κ1) is 18.6. The van der Waals surface area contributed by atoms with Crippen LogP contribution in [0.3, 0.4) is 0 Å². The maximum Gasteiger partial charge on any atom is 0.119 e. The van der Waals surface area contributed by atoms with Crippen LogP contribution in [0.1, 0.15) is 25.3 Å². The van der Waals surface area contributed by atoms with Gasteiger partial charge in [0.2, 0.25) is 0 Å². The van der Waals surface area contributed by atoms with Crippen molar-refractivity contribution >= 4 is 0 Å². The molecule has 2 saturated heterocycles. The van der Waals surface area contributed by atoms with Gasteiger partial charge < -0.3 is 14.7 Å². The van der Waals surface area contributed by atoms with Crippen molar-refractivity contribution in [3.05, 3.63) is 29.8 Å². The van der Waals surface area contributed by atoms with E-state index in [1.165, 1.54) is 18.7 Å². The SMILES string of the molecule is CCN1CCN(CCOc2ccc(CN3CCC[C@@H](O)C3)cc2)CC1. The zero-order valence-electron chi connectivity index (χ0n) is 15.6. The minimum absolute atomic E-state index is 0.157. The lowest BCUT2D eigenvalue weighted by atomic mass is 10.1. The van der Waals surface area contributed by atoms with Gasteiger partial charge in [-0.1, -0.05) is 19.1 Å². The minimum atomic E-state index is -0.157. The van der Waals surface area contributed by atoms with E-state index in [4.69, 9.17) is 4.74 Å². The molecule has 1 N–H and O–H groups in total. The van der Waals surface area contributed by atoms with Gasteiger partial charge in [-0.15, -0.1) is 0 Å². The Balaban J connectivity index is 1.36. The summed E-state index contributed by atoms with van der Waals surface area (Å²) in [6.07, 6.45) is 1.88. The zero-order valence-corrected chi connectivity index (χ0v) is 15.6. The number of rotatable bonds is 7. The number of likely N-dealkylation sites (N-methyl/N-ethyl adjacent to an activating group) is 1. The molecule has 2 fully saturated rings. The molecule has 5 heteroatoms. The molecular weight excluding hydrogens is 314 g/mol. The molecular formula is C20H33N3O2. The number of hydrogen-bond acceptors (Lipinski definition) is 5. The van der Waals surface area contributed by atoms with Crippen LogP contribution in [0.5, 0.6) is 5.75 Å². The van der Waals surface area contributed by atoms with Crippen LogP contribution in [0.2, 0.25) is 0 Å². The standard InChI is InChI=1S/C20H33N3O2/c1-2-21-10-12-22(13-11-21)14-15-25-20-7-5-18(6-8-20)16-23-9-3-4-19(24)17-23/h5-8,19,24H,2-4,9-17H2,1H3/t19-/m1/s1. The van der Waals surface area contributed by atoms with Gasteiger partial charge in [0, 0.05) is 45.8 Å². The van der Waals surface area contributed by atoms with E-state index >= 15 is 0 Å². The molecule has 0 aliphatic carbocycles. The van der Waals surface area contributed by atoms with E-state index in [1.54, 1.807) is 0 Å². The van der Waals surface area contributed by atoms with Crippen molar-refractivity contribution < 1.29 is 9.84 Å². The summed E-state index contributed by atoms with van der Waals surface area (Å²) in [4.78, 5) is 7.32. The van der Waals surface area contributed by atoms with Gasteiger partial charge >= 0.3 is 0 Å². The summed E-state index contributed by atoms with van der Waals surface area (Å²) in [7, 11) is 0. The summed E-state index contributed by atoms with van der Waals surface area (Å²) in [5.74, 6) is 0.953. The van der Waals surface area contributed by atoms with Gasteiger partial charge in [0.25, 0.3) is 0 Å². The Kier molecular flexibility index (Phi) is 7.11. The number of benzene rings is 1. The van der Waals surface area contributed by atoms with Crippen molar-refractivity contribution in [2.24, 2.45) is 0 Å². The number of likely N-dealkylation sites (tertiary alicyclic amines) is 1. The molecule has 3 rings (SSSR count). The van der Waals surface area contributed by atoms with E-state index in [2.05, 4.69) is 45.9 Å². The van der Waals surface area contributed by atoms with Crippen molar-refractivity contribution in [3.8, 4) is 5.75 Å². The number of piperidine rings is 1. The van der Waals surface area contributed by atoms with Crippen LogP contribution in [0.4, 0.5) is 0 Å². The molecule has 2 aliphatic rings. The fourth-order valence-corrected chi connectivity index (χ4v) is 3.75. The van der Waals surface area contributed by atoms with Crippen molar-refractivity contribution in [1.29, 1.82) is 0 Å². The van der Waals surface area contributed by atoms with Crippen molar-refractivity contribution in [2.75, 3.05) is 59.0 Å². The van der Waals surface area contributed by atoms with Crippen LogP contribution in [0, 0.1) is 0 Å². The normalized spacial score (nSPS) is 23.7. The first-order valence-corrected chi connectivity index (χ1v) is 9.80. The van der Waals surface area contributed by atoms with Gasteiger partial charge in [-0.2, -0.15) is 0 Å². The van der Waals surface area contributed by atoms with Crippen LogP contribution in [-0.2, 0) is 6.54 Å². The maximum absolute atomic E-state index is 9.77. The number of nitrogens with zero attached hydrogens (tertiary/aromatic N) is 3. The second-order valence-electron chi connectivity index (χ2n) is 7.30. The number of aliphatic hydroxyl groups is 1. The number of aliphatic hydroxyl groups excluding tert-OH is 1. The lowest BCUT2D eigenvalue weighted by Gasteiger charge is -2.33. The second kappa shape index (κ2) is 9.53. The van der Waals surface area contributed by atoms with Crippen LogP contribution < -0.4 is 4.74 Å². The summed E-state index contributed by atoms with van der Waals surface area (Å²) in [5, 5.41) is 9.77. The smallest absolute Gasteiger partial charge is 0.119 e. The average molecular weight is 348 g/mol. The van der Waals surface area contributed by atoms with Crippen molar-refractivity contribution in [2.45, 2.75) is 32.4 Å². The Morgan fingerprint density at radius 2 is 1.72 bits per heavy atom. The average Bonchev–Trinajstić information content (AvgIpc) is 2.64. The van der Waals surface area contributed by atoms with Crippen LogP contribution in [0.25, 0.3) is 0 Å². The molecule has 5 nitrogen and oxygen atoms in total. The van der Waals surface area contributed by atoms with Gasteiger partial charge in [0.1, 0.15) is 12.4 Å². The summed E-state index contributed by atoms with van der Waals surface area (Å²) >= 11 is 0. The van der Waals surface area contributed by atoms with Crippen molar-refractivity contribution in [1.82, 2.24) is 14.7 Å². The molecule has 1 aromatic carbocycles. The fraction of sp³-hybridized carbons (Fsp3) is 0.700. The quantitative estimate of drug-likeness (QED) is 0.812. The number of hydrogen-bond donors (Lipinski definition) is 1. The number of ether oxygens (including phenoxy) is 1. The highest BCUT2D eigenvalue weighted by atomic mass is 16.5. The van der Waals surface area contributed by atoms with Gasteiger partial charge in [-0.25, -0.2) is 0 Å². The lowest BCUT2D eigenvalue weighted by Crippen LogP contribution is -2.47. The Bertz CT molecular complexity index is 500. The third-order valence-corrected chi connectivity index (χ3v) is 5.40. The van der Waals surface area contributed by atoms with Crippen LogP contribution in [-0.4, -0.2) is 84.9 Å². The molecule has 2 heterocycles. The summed E-state index contributed by atoms with van der Waals surface area (Å²) in [6, 6.07) is 8.45. The highest BCUT2D eigenvalue weighted by molar-refractivity contribution is 5.27. The minimum Gasteiger partial charge on any atom is -0.492 e. The van der Waals surface area contributed by atoms with E-state index in [1.807, 2.05) is 0 Å². The molecule has 0 aromatic heterocycles. The first-order valence-electron chi connectivity index (χ1n) is 9.80. The molecule has 0 unspecified atom stereocenters. The molecule has 0 amide bonds. The first-order chi connectivity index (χ1) is 12.2. The number of β-amino-alcohol motifs (C(OH)–C–C–N with tert-alkyl or cyclic N) is 1. The van der Waals surface area contributed by atoms with Crippen molar-refractivity contribution in [3.63, 3.8) is 0 Å². The van der Waals surface area contributed by atoms with Gasteiger partial charge in [0.15, 0.2) is 0 Å². The van der Waals surface area contributed by atoms with Gasteiger partial charge in [-0.3, -0.25) is 9.80 Å². The third-order valence-electron chi connectivity index (χ3n) is 5.40. The van der Waals surface area contributed by atoms with E-state index < -0.39 is 0 Å². The summed E-state index contributed by atoms with van der Waals surface area (Å²) in [5.41, 5.74) is 1.29. The Morgan fingerprint density at radius 3 is 2.40 bits per heavy atom. The monoisotopic (exact) mass is 347 g/mol. The highest BCUT2D eigenvalue weighted by Crippen LogP contribution is 2.17. The fourth-order valence-electron chi connectivity index (χ4n) is 3.75. The van der Waals surface area contributed by atoms with Crippen LogP contribution in [0.15, 0.2) is 24.3 Å². The lowest BCUT2D eigenvalue weighted by molar-refractivity contribution is 0.0668. The Hall–Kier alpha value is -1.14. The molecule has 2 aliphatic heterocycles. The molecule has 25 heavy (non-hydrogen) atoms. The topological polar surface area (TPSA) is 39.2 Å². The predicted molar refractivity (Wildman–Crippen MR) is 101 cm³/mol. The molecule has 0 bridgehead atoms. The Labute approximate surface area is 152 Å². The molecule has 0 radical (unpaired) electrons. The zero-order chi connectivity index (χ0) is 17.5. The summed E-state index contributed by atoms with van der Waals surface area (Å²) in [6.45, 7) is 12.6. The molecule has 1 atom stereocenters. The van der Waals surface area contributed by atoms with Gasteiger partial charge in [-0.05, 0) is 43.6 Å². The Morgan fingerprint density at radius 1 is 1.00 bits per heavy atom. The van der Waals surface area contributed by atoms with Crippen LogP contribution >= 0.6 is 0 Å². The summed E-state index contributed by atoms with van der Waals surface area (Å²) < 4.78 is 5.92. The maximum atomic E-state index is 9.77. The van der Waals surface area contributed by atoms with E-state index in [-0.39, 0.29) is 6.10 Å². The highest BCUT2D eigenvalue weighted by Gasteiger charge is 2.17.